The zero-order chi connectivity index (χ0) is 24.5. The molecule has 3 rings (SSSR count). The number of carbonyl (C=O) groups is 2. The van der Waals surface area contributed by atoms with Gasteiger partial charge in [0.1, 0.15) is 6.04 Å². The quantitative estimate of drug-likeness (QED) is 0.366. The van der Waals surface area contributed by atoms with Gasteiger partial charge in [-0.1, -0.05) is 42.5 Å². The molecule has 3 aromatic rings. The molecule has 0 saturated heterocycles. The van der Waals surface area contributed by atoms with Gasteiger partial charge in [-0.15, -0.1) is 11.3 Å². The highest BCUT2D eigenvalue weighted by atomic mass is 32.2. The van der Waals surface area contributed by atoms with Gasteiger partial charge in [0.25, 0.3) is 0 Å². The number of ether oxygens (including phenoxy) is 1. The van der Waals surface area contributed by atoms with E-state index in [1.807, 2.05) is 42.6 Å². The van der Waals surface area contributed by atoms with Crippen molar-refractivity contribution < 1.29 is 23.1 Å². The second kappa shape index (κ2) is 12.3. The van der Waals surface area contributed by atoms with Crippen LogP contribution >= 0.6 is 11.3 Å². The summed E-state index contributed by atoms with van der Waals surface area (Å²) < 4.78 is 28.7. The number of aromatic nitrogens is 1. The largest absolute Gasteiger partial charge is 0.755 e. The Bertz CT molecular complexity index is 1120. The Kier molecular flexibility index (Phi) is 9.14. The van der Waals surface area contributed by atoms with E-state index in [-0.39, 0.29) is 12.3 Å². The van der Waals surface area contributed by atoms with Gasteiger partial charge >= 0.3 is 6.09 Å². The molecule has 0 radical (unpaired) electrons. The molecule has 3 N–H and O–H groups in total. The fourth-order valence-corrected chi connectivity index (χ4v) is 4.34. The summed E-state index contributed by atoms with van der Waals surface area (Å²) in [5.74, 6) is -0.370. The monoisotopic (exact) mass is 501 g/mol. The lowest BCUT2D eigenvalue weighted by Crippen LogP contribution is -2.49. The second-order valence-electron chi connectivity index (χ2n) is 7.47. The molecule has 0 spiro atoms. The van der Waals surface area contributed by atoms with Gasteiger partial charge in [-0.05, 0) is 36.6 Å². The number of hydrogen-bond donors (Lipinski definition) is 3. The maximum Gasteiger partial charge on any atom is 0.407 e. The van der Waals surface area contributed by atoms with Crippen molar-refractivity contribution in [2.45, 2.75) is 31.8 Å². The molecule has 0 aliphatic heterocycles. The Labute approximate surface area is 204 Å². The van der Waals surface area contributed by atoms with Crippen molar-refractivity contribution in [3.63, 3.8) is 0 Å². The van der Waals surface area contributed by atoms with Crippen molar-refractivity contribution >= 4 is 40.3 Å². The number of rotatable bonds is 10. The number of nitrogens with zero attached hydrogens (tertiary/aromatic N) is 1. The van der Waals surface area contributed by atoms with Gasteiger partial charge < -0.3 is 24.6 Å². The molecule has 11 heteroatoms. The van der Waals surface area contributed by atoms with Crippen LogP contribution in [0.4, 0.5) is 10.5 Å². The first kappa shape index (κ1) is 25.3. The van der Waals surface area contributed by atoms with E-state index in [0.29, 0.717) is 17.8 Å². The number of anilines is 1. The molecule has 0 aliphatic rings. The molecule has 180 valence electrons. The standard InChI is InChI=1S/C23H26N4O5S2/c1-15-24-21(14-33-15)19(12-17-8-10-18(11-9-17)27-34(30)31)25-22(28)20(26-23(29)32-2)13-16-6-4-3-5-7-16/h3-11,14,19-20,27H,12-13H2,1-2H3,(H,25,28)(H,26,29)(H,30,31)/p-1/t19-,20-/m0/s1. The van der Waals surface area contributed by atoms with E-state index in [9.17, 15) is 18.4 Å². The number of benzene rings is 2. The fourth-order valence-electron chi connectivity index (χ4n) is 3.34. The molecule has 0 saturated carbocycles. The molecule has 9 nitrogen and oxygen atoms in total. The van der Waals surface area contributed by atoms with Crippen LogP contribution in [-0.4, -0.2) is 38.9 Å². The summed E-state index contributed by atoms with van der Waals surface area (Å²) in [6.45, 7) is 1.88. The first-order valence-electron chi connectivity index (χ1n) is 10.4. The van der Waals surface area contributed by atoms with Crippen LogP contribution in [0.25, 0.3) is 0 Å². The summed E-state index contributed by atoms with van der Waals surface area (Å²) in [6, 6.07) is 14.9. The van der Waals surface area contributed by atoms with Gasteiger partial charge in [-0.2, -0.15) is 0 Å². The number of amides is 2. The molecule has 1 aromatic heterocycles. The molecule has 2 amide bonds. The molecule has 0 fully saturated rings. The molecule has 0 bridgehead atoms. The van der Waals surface area contributed by atoms with Gasteiger partial charge in [-0.25, -0.2) is 9.78 Å². The Morgan fingerprint density at radius 2 is 1.74 bits per heavy atom. The van der Waals surface area contributed by atoms with Crippen LogP contribution in [0.5, 0.6) is 0 Å². The number of carbonyl (C=O) groups excluding carboxylic acids is 2. The Morgan fingerprint density at radius 3 is 2.32 bits per heavy atom. The molecule has 3 atom stereocenters. The average Bonchev–Trinajstić information content (AvgIpc) is 3.25. The van der Waals surface area contributed by atoms with Crippen LogP contribution in [0.1, 0.15) is 27.9 Å². The van der Waals surface area contributed by atoms with E-state index in [4.69, 9.17) is 4.74 Å². The summed E-state index contributed by atoms with van der Waals surface area (Å²) in [5.41, 5.74) is 2.90. The van der Waals surface area contributed by atoms with E-state index < -0.39 is 29.4 Å². The minimum atomic E-state index is -2.41. The van der Waals surface area contributed by atoms with E-state index in [1.165, 1.54) is 18.4 Å². The van der Waals surface area contributed by atoms with Crippen LogP contribution < -0.4 is 15.4 Å². The van der Waals surface area contributed by atoms with Gasteiger partial charge in [0.05, 0.1) is 23.9 Å². The van der Waals surface area contributed by atoms with Crippen LogP contribution in [0.2, 0.25) is 0 Å². The highest BCUT2D eigenvalue weighted by molar-refractivity contribution is 7.80. The van der Waals surface area contributed by atoms with Crippen molar-refractivity contribution in [1.29, 1.82) is 0 Å². The molecular formula is C23H25N4O5S2-. The van der Waals surface area contributed by atoms with Crippen molar-refractivity contribution in [2.75, 3.05) is 11.8 Å². The lowest BCUT2D eigenvalue weighted by atomic mass is 10.0. The Balaban J connectivity index is 1.79. The fraction of sp³-hybridized carbons (Fsp3) is 0.261. The topological polar surface area (TPSA) is 132 Å². The Morgan fingerprint density at radius 1 is 1.06 bits per heavy atom. The minimum Gasteiger partial charge on any atom is -0.755 e. The van der Waals surface area contributed by atoms with Crippen LogP contribution in [0.15, 0.2) is 60.0 Å². The van der Waals surface area contributed by atoms with E-state index in [1.54, 1.807) is 24.3 Å². The van der Waals surface area contributed by atoms with Crippen LogP contribution in [0.3, 0.4) is 0 Å². The lowest BCUT2D eigenvalue weighted by molar-refractivity contribution is -0.123. The number of thiazole rings is 1. The minimum absolute atomic E-state index is 0.289. The van der Waals surface area contributed by atoms with E-state index in [0.717, 1.165) is 16.1 Å². The summed E-state index contributed by atoms with van der Waals surface area (Å²) in [4.78, 5) is 29.7. The highest BCUT2D eigenvalue weighted by Gasteiger charge is 2.26. The number of aryl methyl sites for hydroxylation is 1. The summed E-state index contributed by atoms with van der Waals surface area (Å²) in [5, 5.41) is 8.37. The molecule has 1 unspecified atom stereocenters. The van der Waals surface area contributed by atoms with Gasteiger partial charge in [0, 0.05) is 28.8 Å². The maximum atomic E-state index is 13.3. The first-order valence-corrected chi connectivity index (χ1v) is 12.3. The van der Waals surface area contributed by atoms with E-state index >= 15 is 0 Å². The van der Waals surface area contributed by atoms with Gasteiger partial charge in [0.15, 0.2) is 0 Å². The third-order valence-electron chi connectivity index (χ3n) is 4.98. The normalized spacial score (nSPS) is 13.4. The van der Waals surface area contributed by atoms with Crippen molar-refractivity contribution in [1.82, 2.24) is 15.6 Å². The van der Waals surface area contributed by atoms with Crippen LogP contribution in [0, 0.1) is 6.92 Å². The zero-order valence-corrected chi connectivity index (χ0v) is 20.3. The molecule has 1 heterocycles. The predicted molar refractivity (Wildman–Crippen MR) is 130 cm³/mol. The van der Waals surface area contributed by atoms with Gasteiger partial charge in [-0.3, -0.25) is 9.00 Å². The summed E-state index contributed by atoms with van der Waals surface area (Å²) in [6.07, 6.45) is 0.0134. The summed E-state index contributed by atoms with van der Waals surface area (Å²) >= 11 is -0.933. The highest BCUT2D eigenvalue weighted by Crippen LogP contribution is 2.22. The van der Waals surface area contributed by atoms with Crippen molar-refractivity contribution in [3.8, 4) is 0 Å². The molecular weight excluding hydrogens is 476 g/mol. The van der Waals surface area contributed by atoms with E-state index in [2.05, 4.69) is 20.3 Å². The van der Waals surface area contributed by atoms with Crippen molar-refractivity contribution in [3.05, 3.63) is 81.8 Å². The Hall–Kier alpha value is -3.28. The SMILES string of the molecule is COC(=O)N[C@@H](Cc1ccccc1)C(=O)N[C@@H](Cc1ccc(NS(=O)[O-])cc1)c1csc(C)n1. The molecule has 34 heavy (non-hydrogen) atoms. The molecule has 0 aliphatic carbocycles. The van der Waals surface area contributed by atoms with Crippen LogP contribution in [-0.2, 0) is 33.6 Å². The third-order valence-corrected chi connectivity index (χ3v) is 6.18. The van der Waals surface area contributed by atoms with Crippen molar-refractivity contribution in [2.24, 2.45) is 0 Å². The number of hydrogen-bond acceptors (Lipinski definition) is 7. The zero-order valence-electron chi connectivity index (χ0n) is 18.6. The predicted octanol–water partition coefficient (Wildman–Crippen LogP) is 3.02. The lowest BCUT2D eigenvalue weighted by Gasteiger charge is -2.23. The molecule has 2 aromatic carbocycles. The number of nitrogens with one attached hydrogen (secondary N) is 3. The third kappa shape index (κ3) is 7.65. The average molecular weight is 502 g/mol. The number of alkyl carbamates (subject to hydrolysis) is 1. The first-order chi connectivity index (χ1) is 16.3. The smallest absolute Gasteiger partial charge is 0.407 e. The maximum absolute atomic E-state index is 13.3. The number of methoxy groups -OCH3 is 1. The summed E-state index contributed by atoms with van der Waals surface area (Å²) in [7, 11) is 1.24. The second-order valence-corrected chi connectivity index (χ2v) is 9.20. The van der Waals surface area contributed by atoms with Gasteiger partial charge in [0.2, 0.25) is 5.91 Å².